The van der Waals surface area contributed by atoms with E-state index < -0.39 is 15.9 Å². The molecule has 1 aromatic carbocycles. The average molecular weight is 349 g/mol. The lowest BCUT2D eigenvalue weighted by Gasteiger charge is -2.31. The van der Waals surface area contributed by atoms with E-state index in [4.69, 9.17) is 0 Å². The van der Waals surface area contributed by atoms with Crippen LogP contribution in [0.15, 0.2) is 35.1 Å². The van der Waals surface area contributed by atoms with Crippen LogP contribution in [0.4, 0.5) is 0 Å². The second-order valence-corrected chi connectivity index (χ2v) is 8.02. The molecule has 1 atom stereocenters. The summed E-state index contributed by atoms with van der Waals surface area (Å²) in [5, 5.41) is 4.02. The summed E-state index contributed by atoms with van der Waals surface area (Å²) in [5.74, 6) is -0.404. The molecule has 1 aliphatic rings. The second-order valence-electron chi connectivity index (χ2n) is 6.03. The van der Waals surface area contributed by atoms with Crippen molar-refractivity contribution in [1.29, 1.82) is 0 Å². The number of aromatic amines is 1. The number of nitrogens with one attached hydrogen (secondary N) is 2. The number of hydrogen-bond acceptors (Lipinski definition) is 4. The SMILES string of the molecule is CS(=O)(=O)N1CCC[C@@H](NC(=O)c2cc3ccccc3c(=O)[nH]2)C1. The van der Waals surface area contributed by atoms with Crippen molar-refractivity contribution in [2.75, 3.05) is 19.3 Å². The summed E-state index contributed by atoms with van der Waals surface area (Å²) in [6.07, 6.45) is 2.56. The molecule has 0 aliphatic carbocycles. The number of aromatic nitrogens is 1. The number of nitrogens with zero attached hydrogens (tertiary/aromatic N) is 1. The lowest BCUT2D eigenvalue weighted by Crippen LogP contribution is -2.49. The van der Waals surface area contributed by atoms with Crippen LogP contribution < -0.4 is 10.9 Å². The van der Waals surface area contributed by atoms with Crippen LogP contribution in [0, 0.1) is 0 Å². The first-order valence-electron chi connectivity index (χ1n) is 7.72. The Kier molecular flexibility index (Phi) is 4.42. The minimum atomic E-state index is -3.27. The van der Waals surface area contributed by atoms with Crippen molar-refractivity contribution in [2.24, 2.45) is 0 Å². The van der Waals surface area contributed by atoms with Gasteiger partial charge in [0.05, 0.1) is 6.26 Å². The summed E-state index contributed by atoms with van der Waals surface area (Å²) in [5.41, 5.74) is -0.144. The standard InChI is InChI=1S/C16H19N3O4S/c1-24(22,23)19-8-4-6-12(10-19)17-16(21)14-9-11-5-2-3-7-13(11)15(20)18-14/h2-3,5,7,9,12H,4,6,8,10H2,1H3,(H,17,21)(H,18,20)/t12-/m1/s1. The van der Waals surface area contributed by atoms with Gasteiger partial charge in [-0.3, -0.25) is 9.59 Å². The van der Waals surface area contributed by atoms with Gasteiger partial charge in [0.15, 0.2) is 0 Å². The Balaban J connectivity index is 1.79. The summed E-state index contributed by atoms with van der Waals surface area (Å²) in [4.78, 5) is 27.1. The van der Waals surface area contributed by atoms with E-state index in [1.165, 1.54) is 4.31 Å². The number of rotatable bonds is 3. The number of sulfonamides is 1. The lowest BCUT2D eigenvalue weighted by molar-refractivity contribution is 0.0916. The number of amides is 1. The molecule has 7 nitrogen and oxygen atoms in total. The highest BCUT2D eigenvalue weighted by Crippen LogP contribution is 2.14. The third-order valence-electron chi connectivity index (χ3n) is 4.19. The fraction of sp³-hybridized carbons (Fsp3) is 0.375. The molecule has 24 heavy (non-hydrogen) atoms. The summed E-state index contributed by atoms with van der Waals surface area (Å²) < 4.78 is 24.7. The molecule has 2 heterocycles. The monoisotopic (exact) mass is 349 g/mol. The van der Waals surface area contributed by atoms with Gasteiger partial charge in [0.25, 0.3) is 11.5 Å². The minimum absolute atomic E-state index is 0.176. The average Bonchev–Trinajstić information content (AvgIpc) is 2.54. The molecule has 1 aromatic heterocycles. The Morgan fingerprint density at radius 3 is 2.83 bits per heavy atom. The van der Waals surface area contributed by atoms with Crippen LogP contribution in [0.1, 0.15) is 23.3 Å². The van der Waals surface area contributed by atoms with Crippen LogP contribution in [0.2, 0.25) is 0 Å². The van der Waals surface area contributed by atoms with E-state index in [0.717, 1.165) is 6.26 Å². The predicted octanol–water partition coefficient (Wildman–Crippen LogP) is 0.682. The number of carbonyl (C=O) groups is 1. The van der Waals surface area contributed by atoms with E-state index in [9.17, 15) is 18.0 Å². The maximum Gasteiger partial charge on any atom is 0.268 e. The van der Waals surface area contributed by atoms with Gasteiger partial charge in [0.1, 0.15) is 5.69 Å². The van der Waals surface area contributed by atoms with E-state index in [1.54, 1.807) is 30.3 Å². The Labute approximate surface area is 139 Å². The number of fused-ring (bicyclic) bond motifs is 1. The number of hydrogen-bond donors (Lipinski definition) is 2. The topological polar surface area (TPSA) is 99.3 Å². The van der Waals surface area contributed by atoms with Crippen LogP contribution in [-0.4, -0.2) is 49.0 Å². The molecule has 3 rings (SSSR count). The van der Waals surface area contributed by atoms with Gasteiger partial charge in [0.2, 0.25) is 10.0 Å². The van der Waals surface area contributed by atoms with Gasteiger partial charge in [0, 0.05) is 24.5 Å². The van der Waals surface area contributed by atoms with Crippen LogP contribution in [0.5, 0.6) is 0 Å². The Morgan fingerprint density at radius 1 is 1.33 bits per heavy atom. The molecular weight excluding hydrogens is 330 g/mol. The Hall–Kier alpha value is -2.19. The van der Waals surface area contributed by atoms with Crippen molar-refractivity contribution in [1.82, 2.24) is 14.6 Å². The first-order chi connectivity index (χ1) is 11.3. The molecular formula is C16H19N3O4S. The van der Waals surface area contributed by atoms with Gasteiger partial charge < -0.3 is 10.3 Å². The third kappa shape index (κ3) is 3.49. The minimum Gasteiger partial charge on any atom is -0.347 e. The van der Waals surface area contributed by atoms with E-state index in [1.807, 2.05) is 0 Å². The maximum absolute atomic E-state index is 12.4. The zero-order chi connectivity index (χ0) is 17.3. The van der Waals surface area contributed by atoms with Crippen molar-refractivity contribution in [3.8, 4) is 0 Å². The summed E-state index contributed by atoms with van der Waals surface area (Å²) in [6, 6.07) is 8.39. The quantitative estimate of drug-likeness (QED) is 0.851. The predicted molar refractivity (Wildman–Crippen MR) is 91.5 cm³/mol. The van der Waals surface area contributed by atoms with E-state index in [0.29, 0.717) is 30.2 Å². The largest absolute Gasteiger partial charge is 0.347 e. The van der Waals surface area contributed by atoms with Crippen LogP contribution in [-0.2, 0) is 10.0 Å². The summed E-state index contributed by atoms with van der Waals surface area (Å²) in [7, 11) is -3.27. The van der Waals surface area contributed by atoms with Gasteiger partial charge >= 0.3 is 0 Å². The van der Waals surface area contributed by atoms with E-state index in [-0.39, 0.29) is 23.8 Å². The third-order valence-corrected chi connectivity index (χ3v) is 5.46. The first-order valence-corrected chi connectivity index (χ1v) is 9.57. The molecule has 1 aliphatic heterocycles. The fourth-order valence-electron chi connectivity index (χ4n) is 2.96. The maximum atomic E-state index is 12.4. The number of pyridine rings is 1. The molecule has 0 bridgehead atoms. The highest BCUT2D eigenvalue weighted by atomic mass is 32.2. The van der Waals surface area contributed by atoms with Crippen LogP contribution in [0.25, 0.3) is 10.8 Å². The number of benzene rings is 1. The molecule has 0 saturated carbocycles. The molecule has 1 fully saturated rings. The Morgan fingerprint density at radius 2 is 2.08 bits per heavy atom. The molecule has 0 radical (unpaired) electrons. The molecule has 2 N–H and O–H groups in total. The normalized spacial score (nSPS) is 19.3. The molecule has 0 unspecified atom stereocenters. The first kappa shape index (κ1) is 16.7. The van der Waals surface area contributed by atoms with Crippen molar-refractivity contribution < 1.29 is 13.2 Å². The molecule has 1 amide bonds. The highest BCUT2D eigenvalue weighted by Gasteiger charge is 2.27. The summed E-state index contributed by atoms with van der Waals surface area (Å²) >= 11 is 0. The highest BCUT2D eigenvalue weighted by molar-refractivity contribution is 7.88. The number of piperidine rings is 1. The molecule has 2 aromatic rings. The van der Waals surface area contributed by atoms with Gasteiger partial charge in [-0.05, 0) is 30.4 Å². The molecule has 1 saturated heterocycles. The van der Waals surface area contributed by atoms with Crippen LogP contribution >= 0.6 is 0 Å². The second kappa shape index (κ2) is 6.37. The lowest BCUT2D eigenvalue weighted by atomic mass is 10.1. The van der Waals surface area contributed by atoms with Gasteiger partial charge in [-0.15, -0.1) is 0 Å². The van der Waals surface area contributed by atoms with Gasteiger partial charge in [-0.2, -0.15) is 0 Å². The van der Waals surface area contributed by atoms with Crippen molar-refractivity contribution in [2.45, 2.75) is 18.9 Å². The van der Waals surface area contributed by atoms with Crippen LogP contribution in [0.3, 0.4) is 0 Å². The Bertz CT molecular complexity index is 936. The number of carbonyl (C=O) groups excluding carboxylic acids is 1. The molecule has 128 valence electrons. The van der Waals surface area contributed by atoms with E-state index in [2.05, 4.69) is 10.3 Å². The fourth-order valence-corrected chi connectivity index (χ4v) is 3.87. The zero-order valence-electron chi connectivity index (χ0n) is 13.3. The van der Waals surface area contributed by atoms with Crippen molar-refractivity contribution >= 4 is 26.7 Å². The molecule has 8 heteroatoms. The smallest absolute Gasteiger partial charge is 0.268 e. The van der Waals surface area contributed by atoms with Crippen molar-refractivity contribution in [3.63, 3.8) is 0 Å². The zero-order valence-corrected chi connectivity index (χ0v) is 14.1. The summed E-state index contributed by atoms with van der Waals surface area (Å²) in [6.45, 7) is 0.723. The van der Waals surface area contributed by atoms with E-state index >= 15 is 0 Å². The van der Waals surface area contributed by atoms with Gasteiger partial charge in [-0.1, -0.05) is 18.2 Å². The van der Waals surface area contributed by atoms with Crippen molar-refractivity contribution in [3.05, 3.63) is 46.4 Å². The number of H-pyrrole nitrogens is 1. The molecule has 0 spiro atoms. The van der Waals surface area contributed by atoms with Gasteiger partial charge in [-0.25, -0.2) is 12.7 Å².